The van der Waals surface area contributed by atoms with E-state index in [9.17, 15) is 9.90 Å². The number of rotatable bonds is 4. The van der Waals surface area contributed by atoms with Crippen LogP contribution in [0.3, 0.4) is 0 Å². The van der Waals surface area contributed by atoms with Gasteiger partial charge in [0.2, 0.25) is 0 Å². The smallest absolute Gasteiger partial charge is 0.315 e. The number of aliphatic hydroxyl groups is 1. The summed E-state index contributed by atoms with van der Waals surface area (Å²) in [5.74, 6) is 3.45. The summed E-state index contributed by atoms with van der Waals surface area (Å²) in [6, 6.07) is 14.0. The number of carbonyl (C=O) groups excluding carboxylic acids is 1. The molecule has 24 heavy (non-hydrogen) atoms. The van der Waals surface area contributed by atoms with Gasteiger partial charge in [0.15, 0.2) is 0 Å². The predicted octanol–water partition coefficient (Wildman–Crippen LogP) is 2.85. The van der Waals surface area contributed by atoms with Crippen molar-refractivity contribution in [1.82, 2.24) is 10.6 Å². The second-order valence-electron chi connectivity index (χ2n) is 6.00. The van der Waals surface area contributed by atoms with Gasteiger partial charge < -0.3 is 15.7 Å². The van der Waals surface area contributed by atoms with E-state index in [4.69, 9.17) is 0 Å². The van der Waals surface area contributed by atoms with Crippen LogP contribution in [-0.2, 0) is 6.54 Å². The summed E-state index contributed by atoms with van der Waals surface area (Å²) in [7, 11) is 0. The van der Waals surface area contributed by atoms with Crippen molar-refractivity contribution < 1.29 is 9.90 Å². The number of urea groups is 1. The van der Waals surface area contributed by atoms with E-state index in [0.29, 0.717) is 18.1 Å². The lowest BCUT2D eigenvalue weighted by molar-refractivity contribution is 0.0921. The maximum Gasteiger partial charge on any atom is 0.315 e. The number of carbonyl (C=O) groups is 1. The lowest BCUT2D eigenvalue weighted by Crippen LogP contribution is -2.49. The molecule has 6 heteroatoms. The van der Waals surface area contributed by atoms with E-state index in [2.05, 4.69) is 28.8 Å². The fourth-order valence-corrected chi connectivity index (χ4v) is 5.24. The molecule has 4 nitrogen and oxygen atoms in total. The normalized spacial score (nSPS) is 17.2. The van der Waals surface area contributed by atoms with Gasteiger partial charge in [-0.15, -0.1) is 0 Å². The molecule has 0 saturated carbocycles. The van der Waals surface area contributed by atoms with Gasteiger partial charge in [-0.1, -0.05) is 42.5 Å². The number of nitrogens with one attached hydrogen (secondary N) is 2. The van der Waals surface area contributed by atoms with Crippen LogP contribution in [0, 0.1) is 0 Å². The van der Waals surface area contributed by atoms with E-state index in [0.717, 1.165) is 22.5 Å². The van der Waals surface area contributed by atoms with E-state index in [-0.39, 0.29) is 12.6 Å². The predicted molar refractivity (Wildman–Crippen MR) is 104 cm³/mol. The molecule has 3 rings (SSSR count). The fraction of sp³-hybridized carbons (Fsp3) is 0.389. The fourth-order valence-electron chi connectivity index (χ4n) is 2.72. The summed E-state index contributed by atoms with van der Waals surface area (Å²) >= 11 is 3.49. The van der Waals surface area contributed by atoms with Crippen LogP contribution >= 0.6 is 23.5 Å². The van der Waals surface area contributed by atoms with Gasteiger partial charge in [0.1, 0.15) is 0 Å². The van der Waals surface area contributed by atoms with E-state index in [1.165, 1.54) is 5.39 Å². The number of amides is 2. The number of benzene rings is 2. The van der Waals surface area contributed by atoms with Crippen molar-refractivity contribution in [2.24, 2.45) is 0 Å². The second kappa shape index (κ2) is 8.14. The highest BCUT2D eigenvalue weighted by Gasteiger charge is 2.29. The van der Waals surface area contributed by atoms with Crippen molar-refractivity contribution in [2.75, 3.05) is 29.6 Å². The van der Waals surface area contributed by atoms with E-state index >= 15 is 0 Å². The molecule has 1 aliphatic rings. The zero-order valence-corrected chi connectivity index (χ0v) is 15.1. The molecule has 0 radical (unpaired) electrons. The Kier molecular flexibility index (Phi) is 5.92. The second-order valence-corrected chi connectivity index (χ2v) is 8.21. The Balaban J connectivity index is 1.53. The Morgan fingerprint density at radius 2 is 1.75 bits per heavy atom. The first kappa shape index (κ1) is 17.5. The van der Waals surface area contributed by atoms with Crippen LogP contribution in [0.4, 0.5) is 4.79 Å². The molecule has 2 aromatic rings. The van der Waals surface area contributed by atoms with Crippen molar-refractivity contribution in [1.29, 1.82) is 0 Å². The SMILES string of the molecule is O=C(NCc1cccc2ccccc12)NCC1(O)CSCCSC1. The third-order valence-corrected chi connectivity index (χ3v) is 6.74. The van der Waals surface area contributed by atoms with Gasteiger partial charge in [0.25, 0.3) is 0 Å². The molecule has 0 aliphatic carbocycles. The molecular formula is C18H22N2O2S2. The van der Waals surface area contributed by atoms with Crippen molar-refractivity contribution >= 4 is 40.3 Å². The van der Waals surface area contributed by atoms with Gasteiger partial charge in [-0.05, 0) is 16.3 Å². The van der Waals surface area contributed by atoms with Crippen molar-refractivity contribution in [3.8, 4) is 0 Å². The summed E-state index contributed by atoms with van der Waals surface area (Å²) in [6.45, 7) is 0.753. The maximum atomic E-state index is 12.1. The topological polar surface area (TPSA) is 61.4 Å². The molecule has 1 fully saturated rings. The Labute approximate surface area is 150 Å². The highest BCUT2D eigenvalue weighted by Crippen LogP contribution is 2.24. The quantitative estimate of drug-likeness (QED) is 0.783. The molecule has 3 N–H and O–H groups in total. The number of hydrogen-bond donors (Lipinski definition) is 3. The lowest BCUT2D eigenvalue weighted by Gasteiger charge is -2.25. The van der Waals surface area contributed by atoms with Gasteiger partial charge >= 0.3 is 6.03 Å². The minimum Gasteiger partial charge on any atom is -0.386 e. The summed E-state index contributed by atoms with van der Waals surface area (Å²) in [4.78, 5) is 12.1. The molecule has 1 aliphatic heterocycles. The van der Waals surface area contributed by atoms with Crippen molar-refractivity contribution in [3.05, 3.63) is 48.0 Å². The molecule has 2 amide bonds. The van der Waals surface area contributed by atoms with Crippen LogP contribution < -0.4 is 10.6 Å². The first-order chi connectivity index (χ1) is 11.7. The lowest BCUT2D eigenvalue weighted by atomic mass is 10.0. The van der Waals surface area contributed by atoms with E-state index in [1.807, 2.05) is 24.3 Å². The first-order valence-electron chi connectivity index (χ1n) is 8.03. The van der Waals surface area contributed by atoms with Gasteiger partial charge in [0, 0.05) is 36.1 Å². The molecule has 2 aromatic carbocycles. The molecule has 0 bridgehead atoms. The van der Waals surface area contributed by atoms with Gasteiger partial charge in [-0.3, -0.25) is 0 Å². The van der Waals surface area contributed by atoms with Crippen LogP contribution in [0.1, 0.15) is 5.56 Å². The number of hydrogen-bond acceptors (Lipinski definition) is 4. The Bertz CT molecular complexity index is 695. The molecule has 0 unspecified atom stereocenters. The average molecular weight is 363 g/mol. The van der Waals surface area contributed by atoms with Crippen LogP contribution in [0.15, 0.2) is 42.5 Å². The number of fused-ring (bicyclic) bond motifs is 1. The largest absolute Gasteiger partial charge is 0.386 e. The molecule has 128 valence electrons. The molecular weight excluding hydrogens is 340 g/mol. The number of thioether (sulfide) groups is 2. The highest BCUT2D eigenvalue weighted by molar-refractivity contribution is 8.03. The summed E-state index contributed by atoms with van der Waals surface area (Å²) in [5, 5.41) is 18.6. The molecule has 0 atom stereocenters. The van der Waals surface area contributed by atoms with Crippen LogP contribution in [0.25, 0.3) is 10.8 Å². The van der Waals surface area contributed by atoms with Gasteiger partial charge in [-0.25, -0.2) is 4.79 Å². The average Bonchev–Trinajstić information content (AvgIpc) is 2.83. The van der Waals surface area contributed by atoms with E-state index < -0.39 is 5.60 Å². The van der Waals surface area contributed by atoms with E-state index in [1.54, 1.807) is 23.5 Å². The van der Waals surface area contributed by atoms with Gasteiger partial charge in [-0.2, -0.15) is 23.5 Å². The third-order valence-electron chi connectivity index (χ3n) is 4.01. The Morgan fingerprint density at radius 1 is 1.04 bits per heavy atom. The van der Waals surface area contributed by atoms with Crippen LogP contribution in [0.5, 0.6) is 0 Å². The minimum absolute atomic E-state index is 0.240. The highest BCUT2D eigenvalue weighted by atomic mass is 32.2. The minimum atomic E-state index is -0.817. The zero-order valence-electron chi connectivity index (χ0n) is 13.5. The van der Waals surface area contributed by atoms with Crippen molar-refractivity contribution in [2.45, 2.75) is 12.1 Å². The van der Waals surface area contributed by atoms with Crippen LogP contribution in [0.2, 0.25) is 0 Å². The molecule has 1 heterocycles. The Morgan fingerprint density at radius 3 is 2.54 bits per heavy atom. The standard InChI is InChI=1S/C18H22N2O2S2/c21-17(20-11-18(22)12-23-8-9-24-13-18)19-10-15-6-3-5-14-4-1-2-7-16(14)15/h1-7,22H,8-13H2,(H2,19,20,21). The third kappa shape index (κ3) is 4.59. The first-order valence-corrected chi connectivity index (χ1v) is 10.3. The van der Waals surface area contributed by atoms with Gasteiger partial charge in [0.05, 0.1) is 5.60 Å². The van der Waals surface area contributed by atoms with Crippen LogP contribution in [-0.4, -0.2) is 46.3 Å². The zero-order chi connectivity index (χ0) is 16.8. The summed E-state index contributed by atoms with van der Waals surface area (Å²) in [6.07, 6.45) is 0. The molecule has 0 aromatic heterocycles. The summed E-state index contributed by atoms with van der Waals surface area (Å²) < 4.78 is 0. The maximum absolute atomic E-state index is 12.1. The molecule has 1 saturated heterocycles. The Hall–Kier alpha value is -1.37. The molecule has 0 spiro atoms. The summed E-state index contributed by atoms with van der Waals surface area (Å²) in [5.41, 5.74) is 0.269. The monoisotopic (exact) mass is 362 g/mol. The van der Waals surface area contributed by atoms with Crippen molar-refractivity contribution in [3.63, 3.8) is 0 Å².